The Morgan fingerprint density at radius 2 is 0.477 bits per heavy atom. The lowest BCUT2D eigenvalue weighted by Crippen LogP contribution is -2.34. The molecule has 4 N–H and O–H groups in total. The smallest absolute Gasteiger partial charge is 0.119 e. The van der Waals surface area contributed by atoms with E-state index in [1.165, 1.54) is 66.8 Å². The molecule has 0 heterocycles. The number of hydrogen-bond acceptors (Lipinski definition) is 8. The average Bonchev–Trinajstić information content (AvgIpc) is 1.94. The number of benzene rings is 8. The fourth-order valence-electron chi connectivity index (χ4n) is 13.0. The second-order valence-corrected chi connectivity index (χ2v) is 26.1. The molecule has 0 bridgehead atoms. The first-order valence-electron chi connectivity index (χ1n) is 29.6. The topological polar surface area (TPSA) is 85.0 Å². The highest BCUT2D eigenvalue weighted by atomic mass is 35.5. The molecule has 8 aromatic carbocycles. The highest BCUT2D eigenvalue weighted by Gasteiger charge is 2.32. The van der Waals surface area contributed by atoms with E-state index in [0.717, 1.165) is 74.4 Å². The maximum Gasteiger partial charge on any atom is 0.119 e. The number of hydrogen-bond donors (Lipinski definition) is 4. The Hall–Kier alpha value is -4.88. The average molecular weight is 1350 g/mol. The van der Waals surface area contributed by atoms with Crippen LogP contribution >= 0.6 is 92.8 Å². The molecular formula is C72H76Cl8N4O4. The molecule has 16 heteroatoms. The molecule has 4 aliphatic carbocycles. The molecule has 0 fully saturated rings. The fourth-order valence-corrected chi connectivity index (χ4v) is 14.2. The van der Waals surface area contributed by atoms with Crippen molar-refractivity contribution >= 4 is 92.8 Å². The minimum Gasteiger partial charge on any atom is -0.497 e. The van der Waals surface area contributed by atoms with Crippen molar-refractivity contribution in [3.63, 3.8) is 0 Å². The largest absolute Gasteiger partial charge is 0.497 e. The summed E-state index contributed by atoms with van der Waals surface area (Å²) in [5.74, 6) is 4.91. The normalized spacial score (nSPS) is 20.5. The van der Waals surface area contributed by atoms with Crippen LogP contribution in [-0.4, -0.2) is 80.8 Å². The molecule has 0 aromatic heterocycles. The van der Waals surface area contributed by atoms with Crippen molar-refractivity contribution < 1.29 is 18.9 Å². The van der Waals surface area contributed by atoms with Crippen molar-refractivity contribution in [3.05, 3.63) is 253 Å². The van der Waals surface area contributed by atoms with E-state index in [0.29, 0.717) is 88.0 Å². The van der Waals surface area contributed by atoms with E-state index in [9.17, 15) is 0 Å². The van der Waals surface area contributed by atoms with Crippen LogP contribution < -0.4 is 40.2 Å². The van der Waals surface area contributed by atoms with Gasteiger partial charge in [-0.25, -0.2) is 0 Å². The lowest BCUT2D eigenvalue weighted by Gasteiger charge is -2.32. The van der Waals surface area contributed by atoms with Crippen molar-refractivity contribution in [3.8, 4) is 23.0 Å². The van der Waals surface area contributed by atoms with Crippen LogP contribution in [0, 0.1) is 0 Å². The third kappa shape index (κ3) is 16.2. The van der Waals surface area contributed by atoms with Gasteiger partial charge in [0, 0.05) is 47.8 Å². The lowest BCUT2D eigenvalue weighted by atomic mass is 9.76. The van der Waals surface area contributed by atoms with Crippen molar-refractivity contribution in [2.45, 2.75) is 99.2 Å². The van der Waals surface area contributed by atoms with E-state index in [4.69, 9.17) is 112 Å². The summed E-state index contributed by atoms with van der Waals surface area (Å²) in [6, 6.07) is 50.9. The summed E-state index contributed by atoms with van der Waals surface area (Å²) >= 11 is 49.1. The fraction of sp³-hybridized carbons (Fsp3) is 0.333. The molecule has 0 spiro atoms. The van der Waals surface area contributed by atoms with Gasteiger partial charge in [-0.2, -0.15) is 0 Å². The second-order valence-electron chi connectivity index (χ2n) is 22.9. The second kappa shape index (κ2) is 31.4. The molecule has 88 heavy (non-hydrogen) atoms. The van der Waals surface area contributed by atoms with Gasteiger partial charge in [-0.1, -0.05) is 141 Å². The third-order valence-electron chi connectivity index (χ3n) is 17.9. The van der Waals surface area contributed by atoms with Crippen molar-refractivity contribution in [1.29, 1.82) is 0 Å². The van der Waals surface area contributed by atoms with Gasteiger partial charge >= 0.3 is 0 Å². The highest BCUT2D eigenvalue weighted by Crippen LogP contribution is 2.45. The van der Waals surface area contributed by atoms with Gasteiger partial charge in [-0.05, 0) is 243 Å². The van der Waals surface area contributed by atoms with Gasteiger partial charge in [-0.3, -0.25) is 0 Å². The summed E-state index contributed by atoms with van der Waals surface area (Å²) in [5.41, 5.74) is 15.6. The van der Waals surface area contributed by atoms with E-state index in [1.807, 2.05) is 101 Å². The molecule has 0 aliphatic heterocycles. The summed E-state index contributed by atoms with van der Waals surface area (Å²) in [7, 11) is 14.9. The highest BCUT2D eigenvalue weighted by molar-refractivity contribution is 6.43. The van der Waals surface area contributed by atoms with Crippen LogP contribution in [0.15, 0.2) is 146 Å². The minimum absolute atomic E-state index is 0.321. The lowest BCUT2D eigenvalue weighted by molar-refractivity contribution is 0.410. The van der Waals surface area contributed by atoms with E-state index < -0.39 is 0 Å². The predicted molar refractivity (Wildman–Crippen MR) is 370 cm³/mol. The van der Waals surface area contributed by atoms with Crippen LogP contribution in [0.5, 0.6) is 23.0 Å². The number of nitrogens with one attached hydrogen (secondary N) is 4. The van der Waals surface area contributed by atoms with Crippen LogP contribution in [0.1, 0.15) is 116 Å². The van der Waals surface area contributed by atoms with E-state index >= 15 is 0 Å². The number of likely N-dealkylation sites (N-methyl/N-ethyl adjacent to an activating group) is 4. The summed E-state index contributed by atoms with van der Waals surface area (Å²) in [5, 5.41) is 18.5. The third-order valence-corrected chi connectivity index (χ3v) is 20.8. The first-order chi connectivity index (χ1) is 42.5. The Kier molecular flexibility index (Phi) is 24.1. The zero-order valence-corrected chi connectivity index (χ0v) is 56.8. The molecule has 12 rings (SSSR count). The van der Waals surface area contributed by atoms with Gasteiger partial charge in [0.1, 0.15) is 23.0 Å². The van der Waals surface area contributed by atoms with Gasteiger partial charge in [0.05, 0.1) is 68.6 Å². The first kappa shape index (κ1) is 67.5. The van der Waals surface area contributed by atoms with Crippen LogP contribution in [0.2, 0.25) is 40.2 Å². The molecule has 8 aromatic rings. The standard InChI is InChI=1S/4C18H19Cl2NO/c4*1-21-13-7-12-8-14(22-2)4-5-15(12)16(10-13)11-3-6-17(19)18(20)9-11/h4*3-6,8-9,13,16,21H,7,10H2,1-2H3/t2*13-,16+;2*13-,16-/m1010/s1. The van der Waals surface area contributed by atoms with Gasteiger partial charge in [-0.15, -0.1) is 0 Å². The van der Waals surface area contributed by atoms with Gasteiger partial charge in [0.15, 0.2) is 0 Å². The predicted octanol–water partition coefficient (Wildman–Crippen LogP) is 18.7. The zero-order chi connectivity index (χ0) is 62.8. The van der Waals surface area contributed by atoms with Crippen LogP contribution in [0.3, 0.4) is 0 Å². The van der Waals surface area contributed by atoms with E-state index in [-0.39, 0.29) is 0 Å². The summed E-state index contributed by atoms with van der Waals surface area (Å²) in [6.07, 6.45) is 8.26. The van der Waals surface area contributed by atoms with Crippen molar-refractivity contribution in [2.75, 3.05) is 56.6 Å². The number of ether oxygens (including phenoxy) is 4. The number of rotatable bonds is 12. The molecule has 0 amide bonds. The Morgan fingerprint density at radius 3 is 0.648 bits per heavy atom. The molecule has 464 valence electrons. The van der Waals surface area contributed by atoms with Gasteiger partial charge < -0.3 is 40.2 Å². The monoisotopic (exact) mass is 1340 g/mol. The van der Waals surface area contributed by atoms with Gasteiger partial charge in [0.25, 0.3) is 0 Å². The molecule has 8 atom stereocenters. The van der Waals surface area contributed by atoms with Crippen LogP contribution in [0.25, 0.3) is 0 Å². The summed E-state index contributed by atoms with van der Waals surface area (Å²) in [4.78, 5) is 0. The van der Waals surface area contributed by atoms with E-state index in [2.05, 4.69) is 94.1 Å². The minimum atomic E-state index is 0.321. The summed E-state index contributed by atoms with van der Waals surface area (Å²) < 4.78 is 21.5. The van der Waals surface area contributed by atoms with Crippen LogP contribution in [-0.2, 0) is 25.7 Å². The Bertz CT molecular complexity index is 3220. The van der Waals surface area contributed by atoms with Crippen LogP contribution in [0.4, 0.5) is 0 Å². The maximum absolute atomic E-state index is 6.21. The van der Waals surface area contributed by atoms with Crippen molar-refractivity contribution in [1.82, 2.24) is 21.3 Å². The first-order valence-corrected chi connectivity index (χ1v) is 32.7. The Balaban J connectivity index is 0.000000140. The Morgan fingerprint density at radius 1 is 0.273 bits per heavy atom. The molecule has 0 radical (unpaired) electrons. The Labute approximate surface area is 560 Å². The summed E-state index contributed by atoms with van der Waals surface area (Å²) in [6.45, 7) is 0. The molecule has 8 nitrogen and oxygen atoms in total. The van der Waals surface area contributed by atoms with Crippen molar-refractivity contribution in [2.24, 2.45) is 0 Å². The molecular weight excluding hydrogens is 1270 g/mol. The quantitative estimate of drug-likeness (QED) is 0.0963. The van der Waals surface area contributed by atoms with E-state index in [1.54, 1.807) is 28.4 Å². The molecule has 0 saturated carbocycles. The number of fused-ring (bicyclic) bond motifs is 4. The molecule has 4 aliphatic rings. The molecule has 0 unspecified atom stereocenters. The number of methoxy groups -OCH3 is 4. The molecule has 0 saturated heterocycles. The number of halogens is 8. The maximum atomic E-state index is 6.21. The zero-order valence-electron chi connectivity index (χ0n) is 50.8. The SMILES string of the molecule is CN[C@@H]1Cc2cc(OC)ccc2[C@@H](c2ccc(Cl)c(Cl)c2)C1.CN[C@@H]1Cc2cc(OC)ccc2[C@H](c2ccc(Cl)c(Cl)c2)C1.CN[C@H]1Cc2cc(OC)ccc2[C@@H](c2ccc(Cl)c(Cl)c2)C1.CN[C@H]1Cc2cc(OC)ccc2[C@H](c2ccc(Cl)c(Cl)c2)C1. The van der Waals surface area contributed by atoms with Gasteiger partial charge in [0.2, 0.25) is 0 Å².